The maximum Gasteiger partial charge on any atom is 0.377 e. The molecule has 0 atom stereocenters. The maximum atomic E-state index is 11.6. The fourth-order valence-electron chi connectivity index (χ4n) is 1.87. The molecular weight excluding hydrogens is 302 g/mol. The molecule has 1 aromatic rings. The Morgan fingerprint density at radius 1 is 1.22 bits per heavy atom. The van der Waals surface area contributed by atoms with Gasteiger partial charge in [-0.05, 0) is 24.1 Å². The van der Waals surface area contributed by atoms with E-state index in [9.17, 15) is 9.59 Å². The van der Waals surface area contributed by atoms with E-state index in [-0.39, 0.29) is 24.9 Å². The molecule has 1 aliphatic rings. The fourth-order valence-corrected chi connectivity index (χ4v) is 1.87. The van der Waals surface area contributed by atoms with E-state index < -0.39 is 5.97 Å². The Kier molecular flexibility index (Phi) is 6.28. The van der Waals surface area contributed by atoms with Crippen LogP contribution in [0.5, 0.6) is 5.75 Å². The van der Waals surface area contributed by atoms with E-state index >= 15 is 0 Å². The number of esters is 1. The minimum atomic E-state index is -0.713. The summed E-state index contributed by atoms with van der Waals surface area (Å²) in [7, 11) is 1.61. The summed E-state index contributed by atoms with van der Waals surface area (Å²) >= 11 is 0. The van der Waals surface area contributed by atoms with Crippen LogP contribution >= 0.6 is 0 Å². The van der Waals surface area contributed by atoms with Gasteiger partial charge >= 0.3 is 5.97 Å². The van der Waals surface area contributed by atoms with Crippen LogP contribution in [0.25, 0.3) is 0 Å². The Hall–Kier alpha value is -2.70. The largest absolute Gasteiger partial charge is 0.497 e. The van der Waals surface area contributed by atoms with E-state index in [4.69, 9.17) is 18.9 Å². The molecule has 0 radical (unpaired) electrons. The maximum absolute atomic E-state index is 11.6. The molecule has 0 fully saturated rings. The summed E-state index contributed by atoms with van der Waals surface area (Å²) in [6.45, 7) is 0.769. The van der Waals surface area contributed by atoms with Gasteiger partial charge in [-0.15, -0.1) is 0 Å². The molecule has 0 bridgehead atoms. The van der Waals surface area contributed by atoms with Gasteiger partial charge in [-0.3, -0.25) is 4.79 Å². The van der Waals surface area contributed by atoms with E-state index in [1.807, 2.05) is 24.3 Å². The predicted octanol–water partition coefficient (Wildman–Crippen LogP) is 0.785. The highest BCUT2D eigenvalue weighted by atomic mass is 16.6. The normalized spacial score (nSPS) is 13.2. The van der Waals surface area contributed by atoms with E-state index in [0.717, 1.165) is 11.3 Å². The Labute approximate surface area is 134 Å². The third-order valence-corrected chi connectivity index (χ3v) is 3.08. The standard InChI is InChI=1S/C16H19NO6/c1-20-13-4-2-12(3-5-13)6-7-17-15(18)11-23-16(19)14-10-21-8-9-22-14/h2-5,10H,6-9,11H2,1H3,(H,17,18). The summed E-state index contributed by atoms with van der Waals surface area (Å²) in [5, 5.41) is 2.68. The first-order valence-corrected chi connectivity index (χ1v) is 7.20. The van der Waals surface area contributed by atoms with Crippen LogP contribution in [-0.2, 0) is 30.2 Å². The molecule has 0 aliphatic carbocycles. The van der Waals surface area contributed by atoms with Gasteiger partial charge in [0.2, 0.25) is 5.76 Å². The lowest BCUT2D eigenvalue weighted by atomic mass is 10.1. The first-order chi connectivity index (χ1) is 11.2. The number of methoxy groups -OCH3 is 1. The zero-order chi connectivity index (χ0) is 16.5. The highest BCUT2D eigenvalue weighted by Crippen LogP contribution is 2.11. The molecule has 0 saturated carbocycles. The SMILES string of the molecule is COc1ccc(CCNC(=O)COC(=O)C2=COCCO2)cc1. The van der Waals surface area contributed by atoms with Crippen LogP contribution in [0.4, 0.5) is 0 Å². The number of carbonyl (C=O) groups is 2. The summed E-state index contributed by atoms with van der Waals surface area (Å²) in [6, 6.07) is 7.58. The molecular formula is C16H19NO6. The van der Waals surface area contributed by atoms with E-state index in [0.29, 0.717) is 19.6 Å². The number of benzene rings is 1. The highest BCUT2D eigenvalue weighted by Gasteiger charge is 2.17. The Morgan fingerprint density at radius 2 is 2.00 bits per heavy atom. The van der Waals surface area contributed by atoms with Gasteiger partial charge in [0.05, 0.1) is 7.11 Å². The number of hydrogen-bond donors (Lipinski definition) is 1. The number of amides is 1. The lowest BCUT2D eigenvalue weighted by Crippen LogP contribution is -2.31. The second kappa shape index (κ2) is 8.67. The monoisotopic (exact) mass is 321 g/mol. The van der Waals surface area contributed by atoms with Crippen LogP contribution in [0, 0.1) is 0 Å². The summed E-state index contributed by atoms with van der Waals surface area (Å²) in [5.41, 5.74) is 1.07. The van der Waals surface area contributed by atoms with Crippen LogP contribution < -0.4 is 10.1 Å². The molecule has 2 rings (SSSR count). The first kappa shape index (κ1) is 16.7. The molecule has 1 N–H and O–H groups in total. The third kappa shape index (κ3) is 5.54. The summed E-state index contributed by atoms with van der Waals surface area (Å²) in [4.78, 5) is 23.2. The smallest absolute Gasteiger partial charge is 0.377 e. The molecule has 1 aliphatic heterocycles. The van der Waals surface area contributed by atoms with Crippen molar-refractivity contribution in [2.24, 2.45) is 0 Å². The Balaban J connectivity index is 1.64. The van der Waals surface area contributed by atoms with Gasteiger partial charge in [0.15, 0.2) is 6.61 Å². The fraction of sp³-hybridized carbons (Fsp3) is 0.375. The van der Waals surface area contributed by atoms with Gasteiger partial charge in [0.1, 0.15) is 25.2 Å². The van der Waals surface area contributed by atoms with Crippen LogP contribution in [0.15, 0.2) is 36.3 Å². The van der Waals surface area contributed by atoms with Crippen molar-refractivity contribution in [1.29, 1.82) is 0 Å². The summed E-state index contributed by atoms with van der Waals surface area (Å²) < 4.78 is 19.9. The van der Waals surface area contributed by atoms with Crippen molar-refractivity contribution in [3.05, 3.63) is 41.9 Å². The molecule has 7 nitrogen and oxygen atoms in total. The lowest BCUT2D eigenvalue weighted by Gasteiger charge is -2.14. The van der Waals surface area contributed by atoms with Crippen molar-refractivity contribution < 1.29 is 28.5 Å². The van der Waals surface area contributed by atoms with Gasteiger partial charge in [0, 0.05) is 6.54 Å². The van der Waals surface area contributed by atoms with Crippen molar-refractivity contribution in [2.75, 3.05) is 33.5 Å². The summed E-state index contributed by atoms with van der Waals surface area (Å²) in [5.74, 6) is -0.325. The van der Waals surface area contributed by atoms with E-state index in [1.54, 1.807) is 7.11 Å². The molecule has 1 amide bonds. The molecule has 0 unspecified atom stereocenters. The molecule has 23 heavy (non-hydrogen) atoms. The molecule has 0 aromatic heterocycles. The quantitative estimate of drug-likeness (QED) is 0.748. The highest BCUT2D eigenvalue weighted by molar-refractivity contribution is 5.88. The number of rotatable bonds is 7. The van der Waals surface area contributed by atoms with Gasteiger partial charge in [-0.2, -0.15) is 0 Å². The zero-order valence-corrected chi connectivity index (χ0v) is 12.9. The van der Waals surface area contributed by atoms with Gasteiger partial charge in [0.25, 0.3) is 5.91 Å². The van der Waals surface area contributed by atoms with Crippen LogP contribution in [0.1, 0.15) is 5.56 Å². The lowest BCUT2D eigenvalue weighted by molar-refractivity contribution is -0.149. The minimum absolute atomic E-state index is 0.0257. The van der Waals surface area contributed by atoms with Gasteiger partial charge in [-0.25, -0.2) is 4.79 Å². The third-order valence-electron chi connectivity index (χ3n) is 3.08. The second-order valence-corrected chi connectivity index (χ2v) is 4.73. The average Bonchev–Trinajstić information content (AvgIpc) is 2.61. The van der Waals surface area contributed by atoms with Gasteiger partial charge in [-0.1, -0.05) is 12.1 Å². The van der Waals surface area contributed by atoms with Crippen LogP contribution in [0.3, 0.4) is 0 Å². The molecule has 7 heteroatoms. The van der Waals surface area contributed by atoms with Crippen LogP contribution in [-0.4, -0.2) is 45.4 Å². The van der Waals surface area contributed by atoms with Crippen molar-refractivity contribution in [3.63, 3.8) is 0 Å². The number of nitrogens with one attached hydrogen (secondary N) is 1. The van der Waals surface area contributed by atoms with Crippen molar-refractivity contribution >= 4 is 11.9 Å². The van der Waals surface area contributed by atoms with E-state index in [2.05, 4.69) is 5.32 Å². The molecule has 0 spiro atoms. The van der Waals surface area contributed by atoms with Crippen LogP contribution in [0.2, 0.25) is 0 Å². The summed E-state index contributed by atoms with van der Waals surface area (Å²) in [6.07, 6.45) is 1.86. The predicted molar refractivity (Wildman–Crippen MR) is 80.7 cm³/mol. The van der Waals surface area contributed by atoms with E-state index in [1.165, 1.54) is 6.26 Å². The number of hydrogen-bond acceptors (Lipinski definition) is 6. The Morgan fingerprint density at radius 3 is 2.65 bits per heavy atom. The van der Waals surface area contributed by atoms with Gasteiger partial charge < -0.3 is 24.3 Å². The topological polar surface area (TPSA) is 83.1 Å². The number of carbonyl (C=O) groups excluding carboxylic acids is 2. The zero-order valence-electron chi connectivity index (χ0n) is 12.9. The average molecular weight is 321 g/mol. The van der Waals surface area contributed by atoms with Crippen molar-refractivity contribution in [3.8, 4) is 5.75 Å². The van der Waals surface area contributed by atoms with Crippen molar-refractivity contribution in [1.82, 2.24) is 5.32 Å². The molecule has 124 valence electrons. The second-order valence-electron chi connectivity index (χ2n) is 4.73. The molecule has 0 saturated heterocycles. The number of ether oxygens (including phenoxy) is 4. The molecule has 1 heterocycles. The minimum Gasteiger partial charge on any atom is -0.497 e. The Bertz CT molecular complexity index is 566. The van der Waals surface area contributed by atoms with Crippen molar-refractivity contribution in [2.45, 2.75) is 6.42 Å². The first-order valence-electron chi connectivity index (χ1n) is 7.20. The molecule has 1 aromatic carbocycles.